The number of allylic oxidation sites excluding steroid dienone is 3. The predicted molar refractivity (Wildman–Crippen MR) is 125 cm³/mol. The van der Waals surface area contributed by atoms with E-state index in [1.54, 1.807) is 0 Å². The van der Waals surface area contributed by atoms with Crippen LogP contribution in [0.5, 0.6) is 0 Å². The molecule has 3 aliphatic rings. The van der Waals surface area contributed by atoms with Crippen molar-refractivity contribution < 1.29 is 28.7 Å². The molecule has 0 spiro atoms. The number of anilines is 2. The van der Waals surface area contributed by atoms with E-state index in [1.165, 1.54) is 0 Å². The fourth-order valence-corrected chi connectivity index (χ4v) is 5.08. The van der Waals surface area contributed by atoms with Gasteiger partial charge in [0.25, 0.3) is 11.8 Å². The van der Waals surface area contributed by atoms with E-state index in [0.717, 1.165) is 17.1 Å². The Morgan fingerprint density at radius 2 is 1.94 bits per heavy atom. The van der Waals surface area contributed by atoms with Gasteiger partial charge in [0.15, 0.2) is 0 Å². The lowest BCUT2D eigenvalue weighted by Gasteiger charge is -2.37. The Bertz CT molecular complexity index is 1120. The van der Waals surface area contributed by atoms with Gasteiger partial charge in [-0.3, -0.25) is 14.2 Å². The van der Waals surface area contributed by atoms with Crippen molar-refractivity contribution in [2.24, 2.45) is 0 Å². The first-order valence-electron chi connectivity index (χ1n) is 10.8. The lowest BCUT2D eigenvalue weighted by atomic mass is 9.94. The van der Waals surface area contributed by atoms with Crippen LogP contribution in [0.4, 0.5) is 11.4 Å². The Kier molecular flexibility index (Phi) is 6.54. The van der Waals surface area contributed by atoms with Crippen molar-refractivity contribution in [2.45, 2.75) is 32.1 Å². The smallest absolute Gasteiger partial charge is 0.333 e. The lowest BCUT2D eigenvalue weighted by Crippen LogP contribution is -2.33. The second-order valence-corrected chi connectivity index (χ2v) is 9.33. The Morgan fingerprint density at radius 3 is 2.61 bits per heavy atom. The molecule has 10 heteroatoms. The van der Waals surface area contributed by atoms with Gasteiger partial charge in [0.05, 0.1) is 11.0 Å². The van der Waals surface area contributed by atoms with Crippen molar-refractivity contribution in [1.82, 2.24) is 5.06 Å². The molecule has 1 saturated heterocycles. The van der Waals surface area contributed by atoms with Gasteiger partial charge < -0.3 is 19.5 Å². The Labute approximate surface area is 192 Å². The van der Waals surface area contributed by atoms with Crippen molar-refractivity contribution in [3.8, 4) is 0 Å². The number of amides is 2. The summed E-state index contributed by atoms with van der Waals surface area (Å²) >= 11 is 0. The van der Waals surface area contributed by atoms with E-state index in [1.807, 2.05) is 55.4 Å². The summed E-state index contributed by atoms with van der Waals surface area (Å²) < 4.78 is 12.3. The first-order chi connectivity index (χ1) is 15.8. The molecule has 33 heavy (non-hydrogen) atoms. The fourth-order valence-electron chi connectivity index (χ4n) is 4.19. The van der Waals surface area contributed by atoms with Gasteiger partial charge >= 0.3 is 5.97 Å². The molecule has 2 aliphatic heterocycles. The molecule has 9 nitrogen and oxygen atoms in total. The minimum absolute atomic E-state index is 0.0158. The van der Waals surface area contributed by atoms with Crippen LogP contribution in [0.2, 0.25) is 0 Å². The summed E-state index contributed by atoms with van der Waals surface area (Å²) in [6, 6.07) is 5.73. The number of imide groups is 1. The molecule has 1 fully saturated rings. The second-order valence-electron chi connectivity index (χ2n) is 8.22. The van der Waals surface area contributed by atoms with E-state index in [0.29, 0.717) is 40.9 Å². The number of nitrogens with zero attached hydrogens (tertiary/aromatic N) is 3. The molecule has 0 bridgehead atoms. The van der Waals surface area contributed by atoms with Crippen LogP contribution in [0.3, 0.4) is 0 Å². The first-order valence-corrected chi connectivity index (χ1v) is 12.1. The molecule has 1 aromatic rings. The van der Waals surface area contributed by atoms with E-state index in [9.17, 15) is 23.8 Å². The van der Waals surface area contributed by atoms with Gasteiger partial charge in [0.2, 0.25) is 8.03 Å². The van der Waals surface area contributed by atoms with Gasteiger partial charge in [-0.05, 0) is 31.0 Å². The van der Waals surface area contributed by atoms with E-state index >= 15 is 0 Å². The molecule has 1 atom stereocenters. The van der Waals surface area contributed by atoms with Crippen LogP contribution < -0.4 is 9.80 Å². The molecule has 2 amide bonds. The monoisotopic (exact) mass is 471 g/mol. The number of hydroxylamine groups is 2. The first kappa shape index (κ1) is 23.0. The zero-order valence-corrected chi connectivity index (χ0v) is 19.5. The minimum atomic E-state index is -2.97. The van der Waals surface area contributed by atoms with Gasteiger partial charge in [0, 0.05) is 62.4 Å². The second kappa shape index (κ2) is 9.37. The standard InChI is InChI=1S/C23H26N3O6P/c1-24(2)15-9-10-17-19(14-15)25(18-7-4-3-6-16(18)23(17)33(30)31)13-5-8-22(29)32-26-20(27)11-12-21(26)28/h3,6-7,9-10,14,33H,4-5,8,11-13H2,1-2H3,(H,30,31). The van der Waals surface area contributed by atoms with Gasteiger partial charge in [-0.2, -0.15) is 0 Å². The van der Waals surface area contributed by atoms with Crippen molar-refractivity contribution >= 4 is 42.5 Å². The average molecular weight is 471 g/mol. The van der Waals surface area contributed by atoms with Crippen molar-refractivity contribution in [1.29, 1.82) is 0 Å². The molecule has 0 saturated carbocycles. The summed E-state index contributed by atoms with van der Waals surface area (Å²) in [5, 5.41) is 0.992. The molecule has 174 valence electrons. The highest BCUT2D eigenvalue weighted by atomic mass is 31.1. The number of carbonyl (C=O) groups is 3. The summed E-state index contributed by atoms with van der Waals surface area (Å²) in [4.78, 5) is 54.7. The molecule has 1 N–H and O–H groups in total. The summed E-state index contributed by atoms with van der Waals surface area (Å²) in [7, 11) is 0.870. The SMILES string of the molecule is CN(C)c1ccc2c(c1)N(CCCC(=O)ON1C(=O)CCC1=O)C1=CCC=CC1=C2[PH](=O)O. The maximum Gasteiger partial charge on any atom is 0.333 e. The normalized spacial score (nSPS) is 18.2. The Hall–Kier alpha value is -3.16. The topological polar surface area (TPSA) is 107 Å². The minimum Gasteiger partial charge on any atom is -0.378 e. The predicted octanol–water partition coefficient (Wildman–Crippen LogP) is 2.98. The summed E-state index contributed by atoms with van der Waals surface area (Å²) in [5.74, 6) is -1.65. The molecule has 1 aromatic carbocycles. The van der Waals surface area contributed by atoms with Gasteiger partial charge in [0.1, 0.15) is 0 Å². The molecule has 0 radical (unpaired) electrons. The van der Waals surface area contributed by atoms with Gasteiger partial charge in [-0.15, -0.1) is 5.06 Å². The quantitative estimate of drug-likeness (QED) is 0.478. The third kappa shape index (κ3) is 4.51. The van der Waals surface area contributed by atoms with Crippen molar-refractivity contribution in [3.05, 3.63) is 53.3 Å². The van der Waals surface area contributed by atoms with Crippen LogP contribution in [0, 0.1) is 0 Å². The number of hydrogen-bond donors (Lipinski definition) is 1. The zero-order valence-electron chi connectivity index (χ0n) is 18.5. The molecule has 2 heterocycles. The van der Waals surface area contributed by atoms with Gasteiger partial charge in [-0.25, -0.2) is 4.79 Å². The molecular formula is C23H26N3O6P. The van der Waals surface area contributed by atoms with Crippen LogP contribution in [0.1, 0.15) is 37.7 Å². The molecule has 1 aliphatic carbocycles. The Balaban J connectivity index is 1.57. The van der Waals surface area contributed by atoms with E-state index in [-0.39, 0.29) is 19.3 Å². The fraction of sp³-hybridized carbons (Fsp3) is 0.348. The maximum atomic E-state index is 12.3. The van der Waals surface area contributed by atoms with Crippen molar-refractivity contribution in [3.63, 3.8) is 0 Å². The summed E-state index contributed by atoms with van der Waals surface area (Å²) in [6.45, 7) is 0.448. The number of hydrogen-bond acceptors (Lipinski definition) is 7. The Morgan fingerprint density at radius 1 is 1.21 bits per heavy atom. The number of fused-ring (bicyclic) bond motifs is 2. The highest BCUT2D eigenvalue weighted by Crippen LogP contribution is 2.51. The van der Waals surface area contributed by atoms with Crippen LogP contribution in [0.15, 0.2) is 47.7 Å². The molecule has 0 aromatic heterocycles. The third-order valence-corrected chi connectivity index (χ3v) is 6.77. The third-order valence-electron chi connectivity index (χ3n) is 5.80. The maximum absolute atomic E-state index is 12.3. The zero-order chi connectivity index (χ0) is 23.7. The molecule has 4 rings (SSSR count). The molecule has 1 unspecified atom stereocenters. The molecular weight excluding hydrogens is 445 g/mol. The highest BCUT2D eigenvalue weighted by Gasteiger charge is 2.33. The number of rotatable bonds is 7. The van der Waals surface area contributed by atoms with Gasteiger partial charge in [-0.1, -0.05) is 18.2 Å². The van der Waals surface area contributed by atoms with E-state index < -0.39 is 25.8 Å². The average Bonchev–Trinajstić information content (AvgIpc) is 3.10. The van der Waals surface area contributed by atoms with Crippen molar-refractivity contribution in [2.75, 3.05) is 30.4 Å². The largest absolute Gasteiger partial charge is 0.378 e. The summed E-state index contributed by atoms with van der Waals surface area (Å²) in [5.41, 5.74) is 3.99. The highest BCUT2D eigenvalue weighted by molar-refractivity contribution is 7.50. The number of benzene rings is 1. The lowest BCUT2D eigenvalue weighted by molar-refractivity contribution is -0.197. The van der Waals surface area contributed by atoms with Crippen LogP contribution in [-0.2, 0) is 23.8 Å². The van der Waals surface area contributed by atoms with Crippen LogP contribution in [-0.4, -0.2) is 48.4 Å². The van der Waals surface area contributed by atoms with Crippen LogP contribution in [0.25, 0.3) is 5.31 Å². The number of carbonyl (C=O) groups excluding carboxylic acids is 3. The van der Waals surface area contributed by atoms with E-state index in [4.69, 9.17) is 4.84 Å². The van der Waals surface area contributed by atoms with Crippen LogP contribution >= 0.6 is 8.03 Å². The van der Waals surface area contributed by atoms with E-state index in [2.05, 4.69) is 4.90 Å². The summed E-state index contributed by atoms with van der Waals surface area (Å²) in [6.07, 6.45) is 7.04.